The van der Waals surface area contributed by atoms with E-state index in [-0.39, 0.29) is 11.6 Å². The zero-order chi connectivity index (χ0) is 21.2. The maximum atomic E-state index is 13.4. The quantitative estimate of drug-likeness (QED) is 0.762. The third kappa shape index (κ3) is 3.84. The average Bonchev–Trinajstić information content (AvgIpc) is 2.83. The van der Waals surface area contributed by atoms with Crippen molar-refractivity contribution >= 4 is 17.5 Å². The van der Waals surface area contributed by atoms with E-state index in [4.69, 9.17) is 0 Å². The maximum absolute atomic E-state index is 13.4. The monoisotopic (exact) mass is 395 g/mol. The number of hydrogen-bond donors (Lipinski definition) is 2. The molecule has 1 aromatic rings. The summed E-state index contributed by atoms with van der Waals surface area (Å²) >= 11 is 0. The van der Waals surface area contributed by atoms with Crippen molar-refractivity contribution < 1.29 is 19.5 Å². The number of benzene rings is 1. The molecule has 0 radical (unpaired) electrons. The lowest BCUT2D eigenvalue weighted by Gasteiger charge is -2.39. The molecule has 2 unspecified atom stereocenters. The summed E-state index contributed by atoms with van der Waals surface area (Å²) in [6, 6.07) is 9.31. The largest absolute Gasteiger partial charge is 0.480 e. The SMILES string of the molecule is CC1=C(C)C(=O)C(C2(c3ccccc3)CCCCC(C(=O)O)NCC2)=C(C)C1=O. The summed E-state index contributed by atoms with van der Waals surface area (Å²) in [7, 11) is 0. The number of carboxylic acids is 1. The minimum atomic E-state index is -0.842. The van der Waals surface area contributed by atoms with Gasteiger partial charge in [0.2, 0.25) is 0 Å². The molecule has 154 valence electrons. The number of rotatable bonds is 3. The molecule has 0 saturated carbocycles. The van der Waals surface area contributed by atoms with Gasteiger partial charge in [0, 0.05) is 27.7 Å². The summed E-state index contributed by atoms with van der Waals surface area (Å²) in [5, 5.41) is 12.6. The lowest BCUT2D eigenvalue weighted by Crippen LogP contribution is -2.42. The van der Waals surface area contributed by atoms with Gasteiger partial charge in [-0.25, -0.2) is 0 Å². The lowest BCUT2D eigenvalue weighted by molar-refractivity contribution is -0.139. The standard InChI is InChI=1S/C24H29NO4/c1-15-16(2)22(27)20(17(3)21(15)26)24(18-9-5-4-6-10-18)12-8-7-11-19(23(28)29)25-14-13-24/h4-6,9-10,19,25H,7-8,11-14H2,1-3H3,(H,28,29). The number of carbonyl (C=O) groups excluding carboxylic acids is 2. The summed E-state index contributed by atoms with van der Waals surface area (Å²) in [5.41, 5.74) is 2.55. The van der Waals surface area contributed by atoms with E-state index >= 15 is 0 Å². The molecule has 0 bridgehead atoms. The highest BCUT2D eigenvalue weighted by molar-refractivity contribution is 6.25. The predicted molar refractivity (Wildman–Crippen MR) is 112 cm³/mol. The van der Waals surface area contributed by atoms with E-state index in [9.17, 15) is 19.5 Å². The van der Waals surface area contributed by atoms with E-state index in [1.54, 1.807) is 20.8 Å². The molecule has 1 saturated heterocycles. The van der Waals surface area contributed by atoms with Gasteiger partial charge in [-0.2, -0.15) is 0 Å². The topological polar surface area (TPSA) is 83.5 Å². The molecule has 5 heteroatoms. The number of carboxylic acid groups (broad SMARTS) is 1. The number of hydrogen-bond acceptors (Lipinski definition) is 4. The first-order valence-electron chi connectivity index (χ1n) is 10.3. The lowest BCUT2D eigenvalue weighted by atomic mass is 9.63. The second-order valence-electron chi connectivity index (χ2n) is 8.20. The molecule has 2 N–H and O–H groups in total. The van der Waals surface area contributed by atoms with Crippen LogP contribution < -0.4 is 5.32 Å². The summed E-state index contributed by atoms with van der Waals surface area (Å²) in [6.45, 7) is 5.67. The van der Waals surface area contributed by atoms with Crippen molar-refractivity contribution in [2.75, 3.05) is 6.54 Å². The Labute approximate surface area is 171 Å². The van der Waals surface area contributed by atoms with Crippen molar-refractivity contribution in [3.8, 4) is 0 Å². The fourth-order valence-corrected chi connectivity index (χ4v) is 4.78. The molecule has 29 heavy (non-hydrogen) atoms. The minimum absolute atomic E-state index is 0.0579. The van der Waals surface area contributed by atoms with E-state index < -0.39 is 17.4 Å². The molecule has 1 aliphatic carbocycles. The Morgan fingerprint density at radius 2 is 1.62 bits per heavy atom. The van der Waals surface area contributed by atoms with Gasteiger partial charge in [-0.15, -0.1) is 0 Å². The number of ketones is 2. The Morgan fingerprint density at radius 1 is 0.966 bits per heavy atom. The molecule has 1 fully saturated rings. The maximum Gasteiger partial charge on any atom is 0.320 e. The molecular formula is C24H29NO4. The zero-order valence-electron chi connectivity index (χ0n) is 17.4. The van der Waals surface area contributed by atoms with Crippen LogP contribution in [0.3, 0.4) is 0 Å². The van der Waals surface area contributed by atoms with Crippen molar-refractivity contribution in [1.82, 2.24) is 5.32 Å². The Bertz CT molecular complexity index is 897. The average molecular weight is 395 g/mol. The molecule has 1 aromatic carbocycles. The van der Waals surface area contributed by atoms with Crippen LogP contribution in [0, 0.1) is 0 Å². The Hall–Kier alpha value is -2.53. The van der Waals surface area contributed by atoms with Crippen LogP contribution in [0.25, 0.3) is 0 Å². The minimum Gasteiger partial charge on any atom is -0.480 e. The van der Waals surface area contributed by atoms with Crippen LogP contribution in [0.4, 0.5) is 0 Å². The molecule has 1 heterocycles. The summed E-state index contributed by atoms with van der Waals surface area (Å²) in [4.78, 5) is 37.9. The Morgan fingerprint density at radius 3 is 2.28 bits per heavy atom. The molecule has 2 aliphatic rings. The van der Waals surface area contributed by atoms with Gasteiger partial charge < -0.3 is 10.4 Å². The van der Waals surface area contributed by atoms with Gasteiger partial charge in [0.05, 0.1) is 0 Å². The molecule has 0 amide bonds. The molecule has 0 aromatic heterocycles. The molecule has 0 spiro atoms. The molecule has 2 atom stereocenters. The van der Waals surface area contributed by atoms with E-state index in [0.717, 1.165) is 18.4 Å². The first-order valence-corrected chi connectivity index (χ1v) is 10.3. The highest BCUT2D eigenvalue weighted by Gasteiger charge is 2.44. The third-order valence-electron chi connectivity index (χ3n) is 6.58. The second-order valence-corrected chi connectivity index (χ2v) is 8.20. The fraction of sp³-hybridized carbons (Fsp3) is 0.458. The van der Waals surface area contributed by atoms with Crippen LogP contribution in [0.5, 0.6) is 0 Å². The van der Waals surface area contributed by atoms with Crippen molar-refractivity contribution in [1.29, 1.82) is 0 Å². The van der Waals surface area contributed by atoms with Crippen LogP contribution in [0.1, 0.15) is 58.4 Å². The smallest absolute Gasteiger partial charge is 0.320 e. The molecule has 3 rings (SSSR count). The van der Waals surface area contributed by atoms with Crippen LogP contribution in [0.15, 0.2) is 52.6 Å². The van der Waals surface area contributed by atoms with Gasteiger partial charge in [0.1, 0.15) is 6.04 Å². The van der Waals surface area contributed by atoms with E-state index in [1.165, 1.54) is 0 Å². The highest BCUT2D eigenvalue weighted by Crippen LogP contribution is 2.45. The summed E-state index contributed by atoms with van der Waals surface area (Å²) in [5.74, 6) is -0.966. The van der Waals surface area contributed by atoms with Crippen molar-refractivity contribution in [3.63, 3.8) is 0 Å². The predicted octanol–water partition coefficient (Wildman–Crippen LogP) is 3.74. The van der Waals surface area contributed by atoms with E-state index in [0.29, 0.717) is 48.1 Å². The zero-order valence-corrected chi connectivity index (χ0v) is 17.4. The van der Waals surface area contributed by atoms with Crippen molar-refractivity contribution in [3.05, 3.63) is 58.2 Å². The van der Waals surface area contributed by atoms with Gasteiger partial charge in [-0.1, -0.05) is 43.2 Å². The highest BCUT2D eigenvalue weighted by atomic mass is 16.4. The van der Waals surface area contributed by atoms with E-state index in [1.807, 2.05) is 30.3 Å². The molecular weight excluding hydrogens is 366 g/mol. The number of carbonyl (C=O) groups is 3. The number of allylic oxidation sites excluding steroid dienone is 4. The molecule has 5 nitrogen and oxygen atoms in total. The third-order valence-corrected chi connectivity index (χ3v) is 6.58. The number of Topliss-reactive ketones (excluding diaryl/α,β-unsaturated/α-hetero) is 2. The van der Waals surface area contributed by atoms with Gasteiger partial charge in [0.15, 0.2) is 11.6 Å². The van der Waals surface area contributed by atoms with Crippen LogP contribution in [0.2, 0.25) is 0 Å². The first-order chi connectivity index (χ1) is 13.8. The Balaban J connectivity index is 2.14. The van der Waals surface area contributed by atoms with Crippen molar-refractivity contribution in [2.45, 2.75) is 64.3 Å². The van der Waals surface area contributed by atoms with Crippen LogP contribution >= 0.6 is 0 Å². The van der Waals surface area contributed by atoms with Gasteiger partial charge in [-0.05, 0) is 52.1 Å². The van der Waals surface area contributed by atoms with Crippen molar-refractivity contribution in [2.24, 2.45) is 0 Å². The van der Waals surface area contributed by atoms with Gasteiger partial charge >= 0.3 is 5.97 Å². The number of aliphatic carboxylic acids is 1. The fourth-order valence-electron chi connectivity index (χ4n) is 4.78. The Kier molecular flexibility index (Phi) is 6.18. The molecule has 1 aliphatic heterocycles. The van der Waals surface area contributed by atoms with Gasteiger partial charge in [-0.3, -0.25) is 14.4 Å². The number of nitrogens with one attached hydrogen (secondary N) is 1. The van der Waals surface area contributed by atoms with Crippen LogP contribution in [-0.4, -0.2) is 35.2 Å². The second kappa shape index (κ2) is 8.46. The normalized spacial score (nSPS) is 26.8. The van der Waals surface area contributed by atoms with E-state index in [2.05, 4.69) is 5.32 Å². The van der Waals surface area contributed by atoms with Gasteiger partial charge in [0.25, 0.3) is 0 Å². The summed E-state index contributed by atoms with van der Waals surface area (Å²) < 4.78 is 0. The summed E-state index contributed by atoms with van der Waals surface area (Å²) in [6.07, 6.45) is 3.38. The first kappa shape index (κ1) is 21.2. The van der Waals surface area contributed by atoms with Crippen LogP contribution in [-0.2, 0) is 19.8 Å².